The molecule has 0 bridgehead atoms. The predicted octanol–water partition coefficient (Wildman–Crippen LogP) is 2.23. The molecule has 0 spiro atoms. The van der Waals surface area contributed by atoms with Crippen molar-refractivity contribution in [1.29, 1.82) is 0 Å². The summed E-state index contributed by atoms with van der Waals surface area (Å²) in [5, 5.41) is 0. The van der Waals surface area contributed by atoms with Gasteiger partial charge in [-0.25, -0.2) is 0 Å². The lowest BCUT2D eigenvalue weighted by Gasteiger charge is -2.07. The zero-order valence-electron chi connectivity index (χ0n) is 10.9. The highest BCUT2D eigenvalue weighted by molar-refractivity contribution is 5.65. The van der Waals surface area contributed by atoms with E-state index in [0.717, 1.165) is 31.6 Å². The van der Waals surface area contributed by atoms with Crippen molar-refractivity contribution in [1.82, 2.24) is 4.90 Å². The Hall–Kier alpha value is -1.29. The van der Waals surface area contributed by atoms with Gasteiger partial charge in [0.1, 0.15) is 18.1 Å². The standard InChI is InChI=1S/C13H21NO3/c1-11(15)16-10-13-8-7-12(17-13)6-4-5-9-14(2)3/h7-8H,4-6,9-10H2,1-3H3. The molecule has 1 aromatic rings. The van der Waals surface area contributed by atoms with E-state index in [1.807, 2.05) is 12.1 Å². The molecule has 0 aliphatic rings. The number of furan rings is 1. The summed E-state index contributed by atoms with van der Waals surface area (Å²) in [7, 11) is 4.15. The third-order valence-corrected chi connectivity index (χ3v) is 2.41. The van der Waals surface area contributed by atoms with Crippen molar-refractivity contribution in [3.05, 3.63) is 23.7 Å². The highest BCUT2D eigenvalue weighted by atomic mass is 16.5. The minimum atomic E-state index is -0.283. The Morgan fingerprint density at radius 2 is 2.00 bits per heavy atom. The summed E-state index contributed by atoms with van der Waals surface area (Å²) in [6.07, 6.45) is 3.21. The molecule has 0 amide bonds. The van der Waals surface area contributed by atoms with Crippen LogP contribution in [0.5, 0.6) is 0 Å². The van der Waals surface area contributed by atoms with Crippen molar-refractivity contribution in [2.24, 2.45) is 0 Å². The molecule has 96 valence electrons. The fourth-order valence-corrected chi connectivity index (χ4v) is 1.53. The van der Waals surface area contributed by atoms with Crippen molar-refractivity contribution in [3.8, 4) is 0 Å². The molecule has 0 saturated carbocycles. The highest BCUT2D eigenvalue weighted by Crippen LogP contribution is 2.12. The molecule has 0 N–H and O–H groups in total. The second-order valence-electron chi connectivity index (χ2n) is 4.41. The number of unbranched alkanes of at least 4 members (excludes halogenated alkanes) is 1. The molecule has 0 atom stereocenters. The third-order valence-electron chi connectivity index (χ3n) is 2.41. The van der Waals surface area contributed by atoms with Crippen LogP contribution < -0.4 is 0 Å². The van der Waals surface area contributed by atoms with Crippen LogP contribution >= 0.6 is 0 Å². The van der Waals surface area contributed by atoms with Crippen LogP contribution in [-0.4, -0.2) is 31.5 Å². The Bertz CT molecular complexity index is 344. The molecule has 4 heteroatoms. The van der Waals surface area contributed by atoms with E-state index in [1.54, 1.807) is 0 Å². The van der Waals surface area contributed by atoms with Crippen LogP contribution in [0.25, 0.3) is 0 Å². The average Bonchev–Trinajstić information content (AvgIpc) is 2.69. The number of esters is 1. The van der Waals surface area contributed by atoms with Crippen LogP contribution in [0.1, 0.15) is 31.3 Å². The van der Waals surface area contributed by atoms with Gasteiger partial charge >= 0.3 is 5.97 Å². The van der Waals surface area contributed by atoms with Crippen LogP contribution in [0.4, 0.5) is 0 Å². The summed E-state index contributed by atoms with van der Waals surface area (Å²) < 4.78 is 10.4. The van der Waals surface area contributed by atoms with E-state index in [1.165, 1.54) is 6.92 Å². The van der Waals surface area contributed by atoms with Crippen molar-refractivity contribution in [2.75, 3.05) is 20.6 Å². The first-order chi connectivity index (χ1) is 8.08. The summed E-state index contributed by atoms with van der Waals surface area (Å²) in [4.78, 5) is 12.8. The third kappa shape index (κ3) is 6.12. The summed E-state index contributed by atoms with van der Waals surface area (Å²) in [5.74, 6) is 1.39. The Balaban J connectivity index is 2.23. The molecular weight excluding hydrogens is 218 g/mol. The number of ether oxygens (including phenoxy) is 1. The van der Waals surface area contributed by atoms with Crippen LogP contribution in [0.2, 0.25) is 0 Å². The van der Waals surface area contributed by atoms with Gasteiger partial charge in [-0.05, 0) is 45.6 Å². The quantitative estimate of drug-likeness (QED) is 0.540. The molecule has 4 nitrogen and oxygen atoms in total. The van der Waals surface area contributed by atoms with Gasteiger partial charge in [0.25, 0.3) is 0 Å². The maximum Gasteiger partial charge on any atom is 0.303 e. The number of nitrogens with zero attached hydrogens (tertiary/aromatic N) is 1. The Kier molecular flexibility index (Phi) is 5.77. The minimum Gasteiger partial charge on any atom is -0.462 e. The zero-order valence-corrected chi connectivity index (χ0v) is 10.9. The average molecular weight is 239 g/mol. The molecule has 0 aliphatic heterocycles. The van der Waals surface area contributed by atoms with Crippen LogP contribution in [0.3, 0.4) is 0 Å². The number of hydrogen-bond acceptors (Lipinski definition) is 4. The molecule has 0 unspecified atom stereocenters. The van der Waals surface area contributed by atoms with Gasteiger partial charge in [0.15, 0.2) is 0 Å². The predicted molar refractivity (Wildman–Crippen MR) is 65.7 cm³/mol. The molecule has 17 heavy (non-hydrogen) atoms. The number of hydrogen-bond donors (Lipinski definition) is 0. The topological polar surface area (TPSA) is 42.7 Å². The molecule has 1 aromatic heterocycles. The van der Waals surface area contributed by atoms with Gasteiger partial charge in [-0.3, -0.25) is 4.79 Å². The van der Waals surface area contributed by atoms with E-state index < -0.39 is 0 Å². The zero-order chi connectivity index (χ0) is 12.7. The molecule has 0 fully saturated rings. The van der Waals surface area contributed by atoms with E-state index in [2.05, 4.69) is 19.0 Å². The second kappa shape index (κ2) is 7.12. The van der Waals surface area contributed by atoms with Gasteiger partial charge in [0.05, 0.1) is 0 Å². The van der Waals surface area contributed by atoms with E-state index in [0.29, 0.717) is 5.76 Å². The minimum absolute atomic E-state index is 0.229. The first kappa shape index (κ1) is 13.8. The van der Waals surface area contributed by atoms with Gasteiger partial charge in [-0.15, -0.1) is 0 Å². The number of carbonyl (C=O) groups is 1. The summed E-state index contributed by atoms with van der Waals surface area (Å²) in [6.45, 7) is 2.72. The van der Waals surface area contributed by atoms with Crippen molar-refractivity contribution in [2.45, 2.75) is 32.8 Å². The first-order valence-electron chi connectivity index (χ1n) is 5.93. The van der Waals surface area contributed by atoms with Gasteiger partial charge in [-0.2, -0.15) is 0 Å². The smallest absolute Gasteiger partial charge is 0.303 e. The van der Waals surface area contributed by atoms with Crippen molar-refractivity contribution < 1.29 is 13.9 Å². The second-order valence-corrected chi connectivity index (χ2v) is 4.41. The molecular formula is C13H21NO3. The molecule has 0 aliphatic carbocycles. The normalized spacial score (nSPS) is 10.8. The largest absolute Gasteiger partial charge is 0.462 e. The summed E-state index contributed by atoms with van der Waals surface area (Å²) >= 11 is 0. The highest BCUT2D eigenvalue weighted by Gasteiger charge is 2.03. The van der Waals surface area contributed by atoms with E-state index in [4.69, 9.17) is 9.15 Å². The molecule has 0 aromatic carbocycles. The van der Waals surface area contributed by atoms with Crippen LogP contribution in [0.15, 0.2) is 16.5 Å². The molecule has 1 heterocycles. The molecule has 1 rings (SSSR count). The fourth-order valence-electron chi connectivity index (χ4n) is 1.53. The maximum absolute atomic E-state index is 10.6. The van der Waals surface area contributed by atoms with E-state index in [-0.39, 0.29) is 12.6 Å². The van der Waals surface area contributed by atoms with Crippen molar-refractivity contribution >= 4 is 5.97 Å². The molecule has 0 radical (unpaired) electrons. The Morgan fingerprint density at radius 3 is 2.65 bits per heavy atom. The Morgan fingerprint density at radius 1 is 1.29 bits per heavy atom. The van der Waals surface area contributed by atoms with Gasteiger partial charge in [0, 0.05) is 13.3 Å². The summed E-state index contributed by atoms with van der Waals surface area (Å²) in [5.41, 5.74) is 0. The monoisotopic (exact) mass is 239 g/mol. The van der Waals surface area contributed by atoms with Gasteiger partial charge in [-0.1, -0.05) is 0 Å². The lowest BCUT2D eigenvalue weighted by Crippen LogP contribution is -2.12. The van der Waals surface area contributed by atoms with Crippen LogP contribution in [-0.2, 0) is 22.6 Å². The summed E-state index contributed by atoms with van der Waals surface area (Å²) in [6, 6.07) is 3.82. The fraction of sp³-hybridized carbons (Fsp3) is 0.615. The van der Waals surface area contributed by atoms with Gasteiger partial charge < -0.3 is 14.1 Å². The number of carbonyl (C=O) groups excluding carboxylic acids is 1. The molecule has 0 saturated heterocycles. The van der Waals surface area contributed by atoms with Gasteiger partial charge in [0.2, 0.25) is 0 Å². The maximum atomic E-state index is 10.6. The number of aryl methyl sites for hydroxylation is 1. The number of rotatable bonds is 7. The Labute approximate surface area is 103 Å². The lowest BCUT2D eigenvalue weighted by atomic mass is 10.2. The first-order valence-corrected chi connectivity index (χ1v) is 5.93. The van der Waals surface area contributed by atoms with E-state index in [9.17, 15) is 4.79 Å². The lowest BCUT2D eigenvalue weighted by molar-refractivity contribution is -0.142. The van der Waals surface area contributed by atoms with Crippen molar-refractivity contribution in [3.63, 3.8) is 0 Å². The SMILES string of the molecule is CC(=O)OCc1ccc(CCCCN(C)C)o1. The van der Waals surface area contributed by atoms with E-state index >= 15 is 0 Å². The van der Waals surface area contributed by atoms with Crippen LogP contribution in [0, 0.1) is 0 Å².